The van der Waals surface area contributed by atoms with E-state index in [1.165, 1.54) is 24.8 Å². The highest BCUT2D eigenvalue weighted by atomic mass is 15.2. The van der Waals surface area contributed by atoms with Gasteiger partial charge in [0.1, 0.15) is 18.0 Å². The number of hydrogen-bond donors (Lipinski definition) is 1. The lowest BCUT2D eigenvalue weighted by Crippen LogP contribution is -2.23. The molecule has 0 aliphatic rings. The summed E-state index contributed by atoms with van der Waals surface area (Å²) in [6.07, 6.45) is 6.51. The molecule has 0 radical (unpaired) electrons. The first-order valence-corrected chi connectivity index (χ1v) is 7.91. The molecule has 0 fully saturated rings. The van der Waals surface area contributed by atoms with Gasteiger partial charge < -0.3 is 10.2 Å². The fraction of sp³-hybridized carbons (Fsp3) is 0.750. The third kappa shape index (κ3) is 4.66. The van der Waals surface area contributed by atoms with Crippen molar-refractivity contribution < 1.29 is 0 Å². The fourth-order valence-corrected chi connectivity index (χ4v) is 2.31. The van der Waals surface area contributed by atoms with Gasteiger partial charge in [0.25, 0.3) is 0 Å². The van der Waals surface area contributed by atoms with E-state index < -0.39 is 0 Å². The third-order valence-corrected chi connectivity index (χ3v) is 3.44. The Morgan fingerprint density at radius 2 is 1.90 bits per heavy atom. The summed E-state index contributed by atoms with van der Waals surface area (Å²) >= 11 is 0. The summed E-state index contributed by atoms with van der Waals surface area (Å²) in [4.78, 5) is 11.2. The summed E-state index contributed by atoms with van der Waals surface area (Å²) in [7, 11) is 2.13. The van der Waals surface area contributed by atoms with E-state index in [0.29, 0.717) is 5.92 Å². The van der Waals surface area contributed by atoms with Crippen molar-refractivity contribution in [3.63, 3.8) is 0 Å². The first-order chi connectivity index (χ1) is 9.61. The van der Waals surface area contributed by atoms with Gasteiger partial charge in [-0.3, -0.25) is 0 Å². The Bertz CT molecular complexity index is 390. The van der Waals surface area contributed by atoms with Gasteiger partial charge in [0.15, 0.2) is 0 Å². The standard InChI is InChI=1S/C16H30N4/c1-6-8-9-11-20(5)16-14(13(3)4)15(17-10-7-2)18-12-19-16/h12-13H,6-11H2,1-5H3,(H,17,18,19). The fourth-order valence-electron chi connectivity index (χ4n) is 2.31. The average Bonchev–Trinajstić information content (AvgIpc) is 2.44. The van der Waals surface area contributed by atoms with E-state index in [0.717, 1.165) is 31.1 Å². The van der Waals surface area contributed by atoms with Crippen molar-refractivity contribution in [3.05, 3.63) is 11.9 Å². The van der Waals surface area contributed by atoms with Gasteiger partial charge in [0.2, 0.25) is 0 Å². The van der Waals surface area contributed by atoms with Gasteiger partial charge in [-0.25, -0.2) is 9.97 Å². The quantitative estimate of drug-likeness (QED) is 0.692. The molecule has 1 aromatic heterocycles. The van der Waals surface area contributed by atoms with E-state index in [4.69, 9.17) is 0 Å². The largest absolute Gasteiger partial charge is 0.370 e. The molecule has 0 aliphatic heterocycles. The van der Waals surface area contributed by atoms with Gasteiger partial charge in [-0.1, -0.05) is 40.5 Å². The molecule has 1 rings (SSSR count). The van der Waals surface area contributed by atoms with E-state index >= 15 is 0 Å². The highest BCUT2D eigenvalue weighted by Gasteiger charge is 2.17. The van der Waals surface area contributed by atoms with Crippen LogP contribution in [0.3, 0.4) is 0 Å². The maximum Gasteiger partial charge on any atom is 0.137 e. The molecule has 0 saturated carbocycles. The van der Waals surface area contributed by atoms with Gasteiger partial charge in [-0.05, 0) is 18.8 Å². The lowest BCUT2D eigenvalue weighted by atomic mass is 10.0. The Kier molecular flexibility index (Phi) is 7.34. The maximum absolute atomic E-state index is 4.52. The molecule has 114 valence electrons. The van der Waals surface area contributed by atoms with Gasteiger partial charge in [0.05, 0.1) is 0 Å². The van der Waals surface area contributed by atoms with Crippen molar-refractivity contribution in [1.82, 2.24) is 9.97 Å². The van der Waals surface area contributed by atoms with Crippen LogP contribution in [0.2, 0.25) is 0 Å². The molecule has 1 N–H and O–H groups in total. The smallest absolute Gasteiger partial charge is 0.137 e. The molecule has 0 bridgehead atoms. The van der Waals surface area contributed by atoms with Crippen molar-refractivity contribution in [3.8, 4) is 0 Å². The van der Waals surface area contributed by atoms with E-state index in [-0.39, 0.29) is 0 Å². The Morgan fingerprint density at radius 3 is 2.50 bits per heavy atom. The summed E-state index contributed by atoms with van der Waals surface area (Å²) in [6.45, 7) is 10.8. The molecule has 4 nitrogen and oxygen atoms in total. The molecule has 0 unspecified atom stereocenters. The Hall–Kier alpha value is -1.32. The van der Waals surface area contributed by atoms with Crippen LogP contribution < -0.4 is 10.2 Å². The van der Waals surface area contributed by atoms with Crippen molar-refractivity contribution in [2.24, 2.45) is 0 Å². The summed E-state index contributed by atoms with van der Waals surface area (Å²) in [5.74, 6) is 2.48. The lowest BCUT2D eigenvalue weighted by Gasteiger charge is -2.24. The lowest BCUT2D eigenvalue weighted by molar-refractivity contribution is 0.695. The molecular formula is C16H30N4. The topological polar surface area (TPSA) is 41.1 Å². The average molecular weight is 278 g/mol. The zero-order valence-electron chi connectivity index (χ0n) is 13.7. The molecule has 0 atom stereocenters. The molecule has 0 amide bonds. The van der Waals surface area contributed by atoms with Crippen LogP contribution in [-0.2, 0) is 0 Å². The Balaban J connectivity index is 2.93. The molecule has 0 saturated heterocycles. The summed E-state index contributed by atoms with van der Waals surface area (Å²) < 4.78 is 0. The number of hydrogen-bond acceptors (Lipinski definition) is 4. The zero-order valence-corrected chi connectivity index (χ0v) is 13.7. The number of unbranched alkanes of at least 4 members (excludes halogenated alkanes) is 2. The minimum absolute atomic E-state index is 0.416. The number of nitrogens with one attached hydrogen (secondary N) is 1. The van der Waals surface area contributed by atoms with Crippen LogP contribution in [-0.4, -0.2) is 30.1 Å². The summed E-state index contributed by atoms with van der Waals surface area (Å²) in [5, 5.41) is 3.43. The second-order valence-electron chi connectivity index (χ2n) is 5.67. The van der Waals surface area contributed by atoms with Crippen LogP contribution in [0, 0.1) is 0 Å². The van der Waals surface area contributed by atoms with Crippen LogP contribution in [0.25, 0.3) is 0 Å². The highest BCUT2D eigenvalue weighted by molar-refractivity contribution is 5.60. The van der Waals surface area contributed by atoms with Crippen LogP contribution in [0.4, 0.5) is 11.6 Å². The molecule has 0 aliphatic carbocycles. The Labute approximate surface area is 124 Å². The Morgan fingerprint density at radius 1 is 1.15 bits per heavy atom. The second kappa shape index (κ2) is 8.77. The summed E-state index contributed by atoms with van der Waals surface area (Å²) in [5.41, 5.74) is 1.24. The monoisotopic (exact) mass is 278 g/mol. The first-order valence-electron chi connectivity index (χ1n) is 7.91. The molecule has 4 heteroatoms. The van der Waals surface area contributed by atoms with Gasteiger partial charge in [-0.15, -0.1) is 0 Å². The number of aromatic nitrogens is 2. The number of nitrogens with zero attached hydrogens (tertiary/aromatic N) is 3. The van der Waals surface area contributed by atoms with Crippen molar-refractivity contribution in [2.45, 2.75) is 59.3 Å². The second-order valence-corrected chi connectivity index (χ2v) is 5.67. The van der Waals surface area contributed by atoms with Crippen molar-refractivity contribution in [1.29, 1.82) is 0 Å². The first kappa shape index (κ1) is 16.7. The molecule has 1 aromatic rings. The van der Waals surface area contributed by atoms with E-state index in [9.17, 15) is 0 Å². The van der Waals surface area contributed by atoms with Crippen LogP contribution in [0.1, 0.15) is 64.9 Å². The molecule has 0 spiro atoms. The van der Waals surface area contributed by atoms with Crippen LogP contribution in [0.5, 0.6) is 0 Å². The van der Waals surface area contributed by atoms with Gasteiger partial charge >= 0.3 is 0 Å². The predicted octanol–water partition coefficient (Wildman–Crippen LogP) is 4.05. The minimum atomic E-state index is 0.416. The third-order valence-electron chi connectivity index (χ3n) is 3.44. The normalized spacial score (nSPS) is 10.9. The number of rotatable bonds is 9. The predicted molar refractivity (Wildman–Crippen MR) is 87.7 cm³/mol. The SMILES string of the molecule is CCCCCN(C)c1ncnc(NCCC)c1C(C)C. The zero-order chi connectivity index (χ0) is 15.0. The van der Waals surface area contributed by atoms with Crippen molar-refractivity contribution in [2.75, 3.05) is 30.4 Å². The van der Waals surface area contributed by atoms with E-state index in [1.807, 2.05) is 0 Å². The molecule has 0 aromatic carbocycles. The highest BCUT2D eigenvalue weighted by Crippen LogP contribution is 2.30. The van der Waals surface area contributed by atoms with Gasteiger partial charge in [-0.2, -0.15) is 0 Å². The van der Waals surface area contributed by atoms with Gasteiger partial charge in [0, 0.05) is 25.7 Å². The van der Waals surface area contributed by atoms with Crippen LogP contribution in [0.15, 0.2) is 6.33 Å². The molecular weight excluding hydrogens is 248 g/mol. The van der Waals surface area contributed by atoms with E-state index in [2.05, 4.69) is 54.9 Å². The van der Waals surface area contributed by atoms with E-state index in [1.54, 1.807) is 6.33 Å². The van der Waals surface area contributed by atoms with Crippen molar-refractivity contribution >= 4 is 11.6 Å². The van der Waals surface area contributed by atoms with Crippen LogP contribution >= 0.6 is 0 Å². The molecule has 1 heterocycles. The summed E-state index contributed by atoms with van der Waals surface area (Å²) in [6, 6.07) is 0. The maximum atomic E-state index is 4.52. The minimum Gasteiger partial charge on any atom is -0.370 e. The molecule has 20 heavy (non-hydrogen) atoms. The number of anilines is 2.